The Kier molecular flexibility index (Phi) is 5.00. The Labute approximate surface area is 124 Å². The number of carbonyl (C=O) groups excluding carboxylic acids is 1. The fraction of sp³-hybridized carbons (Fsp3) is 0.600. The lowest BCUT2D eigenvalue weighted by molar-refractivity contribution is 0.00525. The molecule has 0 aromatic carbocycles. The molecule has 0 bridgehead atoms. The lowest BCUT2D eigenvalue weighted by atomic mass is 9.85. The second-order valence-electron chi connectivity index (χ2n) is 5.49. The lowest BCUT2D eigenvalue weighted by Gasteiger charge is -2.32. The highest BCUT2D eigenvalue weighted by Crippen LogP contribution is 2.27. The van der Waals surface area contributed by atoms with Crippen LogP contribution in [0.4, 0.5) is 0 Å². The van der Waals surface area contributed by atoms with Gasteiger partial charge in [-0.1, -0.05) is 37.8 Å². The predicted molar refractivity (Wildman–Crippen MR) is 79.0 cm³/mol. The minimum absolute atomic E-state index is 0.206. The fourth-order valence-corrected chi connectivity index (χ4v) is 2.82. The lowest BCUT2D eigenvalue weighted by Crippen LogP contribution is -2.44. The summed E-state index contributed by atoms with van der Waals surface area (Å²) in [5.74, 6) is -0.206. The van der Waals surface area contributed by atoms with Gasteiger partial charge in [-0.2, -0.15) is 0 Å². The predicted octanol–water partition coefficient (Wildman–Crippen LogP) is 2.72. The molecular weight excluding hydrogens is 276 g/mol. The maximum Gasteiger partial charge on any atom is 0.251 e. The van der Waals surface area contributed by atoms with E-state index in [2.05, 4.69) is 10.3 Å². The molecule has 1 aliphatic carbocycles. The van der Waals surface area contributed by atoms with Crippen molar-refractivity contribution in [3.8, 4) is 0 Å². The molecule has 1 saturated carbocycles. The van der Waals surface area contributed by atoms with Crippen LogP contribution in [0.15, 0.2) is 12.1 Å². The van der Waals surface area contributed by atoms with Crippen LogP contribution < -0.4 is 5.32 Å². The van der Waals surface area contributed by atoms with Gasteiger partial charge in [0.1, 0.15) is 5.15 Å². The van der Waals surface area contributed by atoms with Crippen molar-refractivity contribution in [3.63, 3.8) is 0 Å². The highest BCUT2D eigenvalue weighted by molar-refractivity contribution is 6.29. The number of amides is 1. The first-order valence-corrected chi connectivity index (χ1v) is 7.57. The Morgan fingerprint density at radius 1 is 1.40 bits per heavy atom. The minimum Gasteiger partial charge on any atom is -0.388 e. The van der Waals surface area contributed by atoms with Crippen molar-refractivity contribution < 1.29 is 9.90 Å². The van der Waals surface area contributed by atoms with Gasteiger partial charge in [0.25, 0.3) is 5.91 Å². The molecule has 1 fully saturated rings. The largest absolute Gasteiger partial charge is 0.388 e. The Balaban J connectivity index is 1.99. The van der Waals surface area contributed by atoms with Crippen LogP contribution in [0.25, 0.3) is 0 Å². The number of aryl methyl sites for hydroxylation is 1. The third-order valence-corrected chi connectivity index (χ3v) is 4.03. The Bertz CT molecular complexity index is 485. The van der Waals surface area contributed by atoms with Gasteiger partial charge < -0.3 is 10.4 Å². The summed E-state index contributed by atoms with van der Waals surface area (Å²) in [6.45, 7) is 2.26. The van der Waals surface area contributed by atoms with E-state index in [1.54, 1.807) is 12.1 Å². The molecule has 110 valence electrons. The number of carbonyl (C=O) groups is 1. The SMILES string of the molecule is CCc1cc(C(=O)NCC2(O)CCCCC2)cc(Cl)n1. The van der Waals surface area contributed by atoms with Crippen molar-refractivity contribution in [1.82, 2.24) is 10.3 Å². The number of nitrogens with zero attached hydrogens (tertiary/aromatic N) is 1. The third kappa shape index (κ3) is 3.93. The maximum absolute atomic E-state index is 12.1. The van der Waals surface area contributed by atoms with Crippen molar-refractivity contribution in [2.75, 3.05) is 6.54 Å². The smallest absolute Gasteiger partial charge is 0.251 e. The summed E-state index contributed by atoms with van der Waals surface area (Å²) in [4.78, 5) is 16.3. The highest BCUT2D eigenvalue weighted by atomic mass is 35.5. The van der Waals surface area contributed by atoms with Gasteiger partial charge in [-0.3, -0.25) is 4.79 Å². The summed E-state index contributed by atoms with van der Waals surface area (Å²) >= 11 is 5.91. The van der Waals surface area contributed by atoms with Gasteiger partial charge in [-0.05, 0) is 31.4 Å². The quantitative estimate of drug-likeness (QED) is 0.840. The van der Waals surface area contributed by atoms with E-state index >= 15 is 0 Å². The van der Waals surface area contributed by atoms with E-state index in [1.165, 1.54) is 0 Å². The topological polar surface area (TPSA) is 62.2 Å². The van der Waals surface area contributed by atoms with Crippen LogP contribution in [0.2, 0.25) is 5.15 Å². The van der Waals surface area contributed by atoms with Crippen molar-refractivity contribution >= 4 is 17.5 Å². The van der Waals surface area contributed by atoms with Crippen molar-refractivity contribution in [1.29, 1.82) is 0 Å². The molecule has 0 aliphatic heterocycles. The normalized spacial score (nSPS) is 17.8. The highest BCUT2D eigenvalue weighted by Gasteiger charge is 2.29. The second-order valence-corrected chi connectivity index (χ2v) is 5.88. The molecule has 1 aliphatic rings. The average Bonchev–Trinajstić information content (AvgIpc) is 2.45. The number of aromatic nitrogens is 1. The average molecular weight is 297 g/mol. The van der Waals surface area contributed by atoms with Gasteiger partial charge in [0.05, 0.1) is 5.60 Å². The Morgan fingerprint density at radius 2 is 2.10 bits per heavy atom. The standard InChI is InChI=1S/C15H21ClN2O2/c1-2-12-8-11(9-13(16)18-12)14(19)17-10-15(20)6-4-3-5-7-15/h8-9,20H,2-7,10H2,1H3,(H,17,19). The second kappa shape index (κ2) is 6.55. The first-order valence-electron chi connectivity index (χ1n) is 7.19. The minimum atomic E-state index is -0.752. The molecule has 20 heavy (non-hydrogen) atoms. The number of halogens is 1. The number of hydrogen-bond acceptors (Lipinski definition) is 3. The van der Waals surface area contributed by atoms with Gasteiger partial charge in [0.15, 0.2) is 0 Å². The number of nitrogens with one attached hydrogen (secondary N) is 1. The molecular formula is C15H21ClN2O2. The summed E-state index contributed by atoms with van der Waals surface area (Å²) in [5.41, 5.74) is 0.540. The van der Waals surface area contributed by atoms with Gasteiger partial charge in [0.2, 0.25) is 0 Å². The van der Waals surface area contributed by atoms with E-state index in [0.717, 1.165) is 44.2 Å². The van der Waals surface area contributed by atoms with Crippen molar-refractivity contribution in [3.05, 3.63) is 28.5 Å². The Morgan fingerprint density at radius 3 is 2.75 bits per heavy atom. The summed E-state index contributed by atoms with van der Waals surface area (Å²) < 4.78 is 0. The zero-order valence-electron chi connectivity index (χ0n) is 11.8. The molecule has 0 saturated heterocycles. The first-order chi connectivity index (χ1) is 9.52. The van der Waals surface area contributed by atoms with Gasteiger partial charge in [-0.15, -0.1) is 0 Å². The molecule has 0 spiro atoms. The van der Waals surface area contributed by atoms with Crippen LogP contribution in [0, 0.1) is 0 Å². The fourth-order valence-electron chi connectivity index (χ4n) is 2.60. The Hall–Kier alpha value is -1.13. The van der Waals surface area contributed by atoms with E-state index in [9.17, 15) is 9.90 Å². The summed E-state index contributed by atoms with van der Waals surface area (Å²) in [7, 11) is 0. The molecule has 1 aromatic rings. The molecule has 4 nitrogen and oxygen atoms in total. The van der Waals surface area contributed by atoms with Crippen LogP contribution in [-0.2, 0) is 6.42 Å². The molecule has 1 amide bonds. The molecule has 0 radical (unpaired) electrons. The number of hydrogen-bond donors (Lipinski definition) is 2. The van der Waals surface area contributed by atoms with E-state index < -0.39 is 5.60 Å². The summed E-state index contributed by atoms with van der Waals surface area (Å²) in [6, 6.07) is 3.30. The van der Waals surface area contributed by atoms with Gasteiger partial charge >= 0.3 is 0 Å². The van der Waals surface area contributed by atoms with Gasteiger partial charge in [-0.25, -0.2) is 4.98 Å². The molecule has 0 unspecified atom stereocenters. The van der Waals surface area contributed by atoms with Crippen molar-refractivity contribution in [2.45, 2.75) is 51.0 Å². The van der Waals surface area contributed by atoms with Gasteiger partial charge in [0, 0.05) is 17.8 Å². The van der Waals surface area contributed by atoms with Crippen LogP contribution >= 0.6 is 11.6 Å². The van der Waals surface area contributed by atoms with Crippen LogP contribution in [0.3, 0.4) is 0 Å². The number of rotatable bonds is 4. The van der Waals surface area contributed by atoms with E-state index in [-0.39, 0.29) is 5.91 Å². The van der Waals surface area contributed by atoms with E-state index in [4.69, 9.17) is 11.6 Å². The zero-order chi connectivity index (χ0) is 14.6. The molecule has 1 heterocycles. The molecule has 0 atom stereocenters. The third-order valence-electron chi connectivity index (χ3n) is 3.83. The monoisotopic (exact) mass is 296 g/mol. The van der Waals surface area contributed by atoms with E-state index in [1.807, 2.05) is 6.92 Å². The van der Waals surface area contributed by atoms with Crippen LogP contribution in [0.5, 0.6) is 0 Å². The maximum atomic E-state index is 12.1. The van der Waals surface area contributed by atoms with E-state index in [0.29, 0.717) is 17.3 Å². The number of pyridine rings is 1. The number of aliphatic hydroxyl groups is 1. The molecule has 2 N–H and O–H groups in total. The van der Waals surface area contributed by atoms with Crippen molar-refractivity contribution in [2.24, 2.45) is 0 Å². The first kappa shape index (κ1) is 15.3. The molecule has 1 aromatic heterocycles. The summed E-state index contributed by atoms with van der Waals surface area (Å²) in [5, 5.41) is 13.5. The van der Waals surface area contributed by atoms with Crippen LogP contribution in [0.1, 0.15) is 55.1 Å². The zero-order valence-corrected chi connectivity index (χ0v) is 12.5. The van der Waals surface area contributed by atoms with Crippen LogP contribution in [-0.4, -0.2) is 28.1 Å². The summed E-state index contributed by atoms with van der Waals surface area (Å²) in [6.07, 6.45) is 5.44. The molecule has 5 heteroatoms. The molecule has 2 rings (SSSR count).